The second kappa shape index (κ2) is 7.16. The van der Waals surface area contributed by atoms with E-state index in [-0.39, 0.29) is 5.91 Å². The number of carbonyl (C=O) groups excluding carboxylic acids is 1. The molecule has 4 aromatic heterocycles. The van der Waals surface area contributed by atoms with Gasteiger partial charge in [0.15, 0.2) is 5.52 Å². The monoisotopic (exact) mass is 380 g/mol. The van der Waals surface area contributed by atoms with Gasteiger partial charge >= 0.3 is 0 Å². The van der Waals surface area contributed by atoms with Crippen LogP contribution < -0.4 is 9.72 Å². The van der Waals surface area contributed by atoms with Crippen molar-refractivity contribution < 1.29 is 9.20 Å². The number of rotatable bonds is 4. The molecule has 5 rings (SSSR count). The molecule has 29 heavy (non-hydrogen) atoms. The van der Waals surface area contributed by atoms with Crippen LogP contribution in [0.1, 0.15) is 21.9 Å². The Morgan fingerprint density at radius 3 is 2.86 bits per heavy atom. The topological polar surface area (TPSA) is 74.8 Å². The summed E-state index contributed by atoms with van der Waals surface area (Å²) in [5.74, 6) is 0.732. The zero-order valence-electron chi connectivity index (χ0n) is 15.5. The Balaban J connectivity index is 1.49. The van der Waals surface area contributed by atoms with E-state index in [0.29, 0.717) is 12.1 Å². The van der Waals surface area contributed by atoms with E-state index in [4.69, 9.17) is 0 Å². The normalized spacial score (nSPS) is 11.0. The fraction of sp³-hybridized carbons (Fsp3) is 0.0435. The summed E-state index contributed by atoms with van der Waals surface area (Å²) in [6.07, 6.45) is 7.94. The van der Waals surface area contributed by atoms with Gasteiger partial charge < -0.3 is 5.32 Å². The lowest BCUT2D eigenvalue weighted by Crippen LogP contribution is -2.24. The zero-order valence-corrected chi connectivity index (χ0v) is 15.5. The number of fused-ring (bicyclic) bond motifs is 2. The number of amides is 1. The average molecular weight is 380 g/mol. The highest BCUT2D eigenvalue weighted by Gasteiger charge is 2.24. The van der Waals surface area contributed by atoms with Crippen LogP contribution in [0.15, 0.2) is 85.5 Å². The van der Waals surface area contributed by atoms with Crippen LogP contribution in [0.4, 0.5) is 5.69 Å². The van der Waals surface area contributed by atoms with Crippen LogP contribution in [-0.2, 0) is 6.42 Å². The molecular formula is C23H18N5O+. The number of aromatic nitrogens is 4. The van der Waals surface area contributed by atoms with Gasteiger partial charge in [0, 0.05) is 29.7 Å². The van der Waals surface area contributed by atoms with E-state index in [9.17, 15) is 4.79 Å². The molecule has 4 heterocycles. The fourth-order valence-corrected chi connectivity index (χ4v) is 3.50. The first-order chi connectivity index (χ1) is 14.3. The lowest BCUT2D eigenvalue weighted by atomic mass is 10.2. The number of hydrogen-bond donors (Lipinski definition) is 2. The lowest BCUT2D eigenvalue weighted by Gasteiger charge is -2.04. The van der Waals surface area contributed by atoms with Crippen molar-refractivity contribution in [3.63, 3.8) is 0 Å². The van der Waals surface area contributed by atoms with Crippen LogP contribution in [0.5, 0.6) is 0 Å². The van der Waals surface area contributed by atoms with Gasteiger partial charge in [-0.3, -0.25) is 14.8 Å². The number of nitrogens with zero attached hydrogens (tertiary/aromatic N) is 3. The summed E-state index contributed by atoms with van der Waals surface area (Å²) in [4.78, 5) is 24.8. The molecule has 0 atom stereocenters. The predicted octanol–water partition coefficient (Wildman–Crippen LogP) is 3.54. The minimum Gasteiger partial charge on any atom is -0.319 e. The number of aromatic amines is 1. The molecule has 0 saturated carbocycles. The number of carbonyl (C=O) groups is 1. The minimum atomic E-state index is -0.186. The molecule has 0 aliphatic rings. The molecule has 0 radical (unpaired) electrons. The van der Waals surface area contributed by atoms with Crippen LogP contribution in [0.25, 0.3) is 16.4 Å². The zero-order chi connectivity index (χ0) is 19.6. The Morgan fingerprint density at radius 1 is 1.03 bits per heavy atom. The van der Waals surface area contributed by atoms with Gasteiger partial charge in [0.1, 0.15) is 0 Å². The summed E-state index contributed by atoms with van der Waals surface area (Å²) in [7, 11) is 0. The van der Waals surface area contributed by atoms with Crippen molar-refractivity contribution in [1.82, 2.24) is 15.0 Å². The molecule has 0 unspecified atom stereocenters. The van der Waals surface area contributed by atoms with Crippen molar-refractivity contribution in [3.05, 3.63) is 103 Å². The number of hydrogen-bond acceptors (Lipinski definition) is 3. The third-order valence-corrected chi connectivity index (χ3v) is 4.86. The van der Waals surface area contributed by atoms with Crippen molar-refractivity contribution in [2.75, 3.05) is 5.32 Å². The summed E-state index contributed by atoms with van der Waals surface area (Å²) >= 11 is 0. The average Bonchev–Trinajstić information content (AvgIpc) is 3.13. The van der Waals surface area contributed by atoms with Crippen LogP contribution in [-0.4, -0.2) is 20.9 Å². The third-order valence-electron chi connectivity index (χ3n) is 4.86. The molecule has 0 aliphatic carbocycles. The van der Waals surface area contributed by atoms with E-state index in [0.717, 1.165) is 33.5 Å². The number of benzene rings is 1. The number of imidazole rings is 1. The van der Waals surface area contributed by atoms with Crippen molar-refractivity contribution in [2.24, 2.45) is 0 Å². The second-order valence-electron chi connectivity index (χ2n) is 6.81. The largest absolute Gasteiger partial charge is 0.319 e. The van der Waals surface area contributed by atoms with Crippen LogP contribution in [0.2, 0.25) is 0 Å². The molecule has 6 heteroatoms. The van der Waals surface area contributed by atoms with Gasteiger partial charge in [-0.2, -0.15) is 4.40 Å². The SMILES string of the molecule is O=C(Nc1ccc2ncccc2c1)c1[nH]c(Cc2cccnc2)[n+]2ccccc12. The van der Waals surface area contributed by atoms with Gasteiger partial charge in [-0.25, -0.2) is 4.98 Å². The maximum Gasteiger partial charge on any atom is 0.299 e. The lowest BCUT2D eigenvalue weighted by molar-refractivity contribution is -0.520. The second-order valence-corrected chi connectivity index (χ2v) is 6.81. The molecule has 0 saturated heterocycles. The molecule has 6 nitrogen and oxygen atoms in total. The Labute approximate surface area is 166 Å². The molecule has 140 valence electrons. The van der Waals surface area contributed by atoms with Gasteiger partial charge in [0.05, 0.1) is 18.1 Å². The smallest absolute Gasteiger partial charge is 0.299 e. The quantitative estimate of drug-likeness (QED) is 0.468. The van der Waals surface area contributed by atoms with Gasteiger partial charge in [0.25, 0.3) is 11.7 Å². The first-order valence-corrected chi connectivity index (χ1v) is 9.34. The molecule has 1 amide bonds. The van der Waals surface area contributed by atoms with E-state index < -0.39 is 0 Å². The molecule has 5 aromatic rings. The maximum atomic E-state index is 13.0. The Bertz CT molecular complexity index is 1330. The molecule has 0 fully saturated rings. The minimum absolute atomic E-state index is 0.186. The van der Waals surface area contributed by atoms with E-state index in [1.807, 2.05) is 77.5 Å². The van der Waals surface area contributed by atoms with E-state index in [1.165, 1.54) is 0 Å². The van der Waals surface area contributed by atoms with Crippen LogP contribution >= 0.6 is 0 Å². The summed E-state index contributed by atoms with van der Waals surface area (Å²) in [5, 5.41) is 3.98. The highest BCUT2D eigenvalue weighted by molar-refractivity contribution is 6.07. The van der Waals surface area contributed by atoms with E-state index in [1.54, 1.807) is 12.4 Å². The molecular weight excluding hydrogens is 362 g/mol. The third kappa shape index (κ3) is 3.32. The summed E-state index contributed by atoms with van der Waals surface area (Å²) < 4.78 is 2.01. The fourth-order valence-electron chi connectivity index (χ4n) is 3.50. The van der Waals surface area contributed by atoms with Crippen LogP contribution in [0.3, 0.4) is 0 Å². The van der Waals surface area contributed by atoms with Gasteiger partial charge in [-0.15, -0.1) is 0 Å². The van der Waals surface area contributed by atoms with Crippen LogP contribution in [0, 0.1) is 0 Å². The highest BCUT2D eigenvalue weighted by Crippen LogP contribution is 2.18. The summed E-state index contributed by atoms with van der Waals surface area (Å²) in [5.41, 5.74) is 4.04. The maximum absolute atomic E-state index is 13.0. The number of pyridine rings is 3. The highest BCUT2D eigenvalue weighted by atomic mass is 16.1. The van der Waals surface area contributed by atoms with Gasteiger partial charge in [-0.1, -0.05) is 18.2 Å². The Kier molecular flexibility index (Phi) is 4.22. The van der Waals surface area contributed by atoms with E-state index in [2.05, 4.69) is 20.3 Å². The molecule has 0 spiro atoms. The Hall–Kier alpha value is -4.06. The summed E-state index contributed by atoms with van der Waals surface area (Å²) in [6, 6.07) is 19.3. The molecule has 0 bridgehead atoms. The predicted molar refractivity (Wildman–Crippen MR) is 111 cm³/mol. The number of anilines is 1. The molecule has 0 aliphatic heterocycles. The number of H-pyrrole nitrogens is 1. The van der Waals surface area contributed by atoms with Gasteiger partial charge in [-0.05, 0) is 48.0 Å². The molecule has 2 N–H and O–H groups in total. The van der Waals surface area contributed by atoms with Crippen molar-refractivity contribution in [1.29, 1.82) is 0 Å². The summed E-state index contributed by atoms with van der Waals surface area (Å²) in [6.45, 7) is 0. The van der Waals surface area contributed by atoms with Crippen molar-refractivity contribution in [3.8, 4) is 0 Å². The molecule has 1 aromatic carbocycles. The standard InChI is InChI=1S/C23H17N5O/c29-23(26-18-8-9-19-17(14-18)6-4-11-25-19)22-20-7-1-2-12-28(20)21(27-22)13-16-5-3-10-24-15-16/h1-12,14-15H,13H2,(H,26,29)/p+1. The first-order valence-electron chi connectivity index (χ1n) is 9.34. The van der Waals surface area contributed by atoms with Gasteiger partial charge in [0.2, 0.25) is 5.69 Å². The van der Waals surface area contributed by atoms with E-state index >= 15 is 0 Å². The first kappa shape index (κ1) is 17.1. The Morgan fingerprint density at radius 2 is 1.97 bits per heavy atom. The van der Waals surface area contributed by atoms with Crippen molar-refractivity contribution >= 4 is 28.0 Å². The van der Waals surface area contributed by atoms with Crippen molar-refractivity contribution in [2.45, 2.75) is 6.42 Å². The number of nitrogens with one attached hydrogen (secondary N) is 2.